The fraction of sp³-hybridized carbons (Fsp3) is 0.375. The number of nitrogens with one attached hydrogen (secondary N) is 1. The van der Waals surface area contributed by atoms with Gasteiger partial charge in [-0.15, -0.1) is 0 Å². The van der Waals surface area contributed by atoms with Gasteiger partial charge in [0.1, 0.15) is 0 Å². The largest absolute Gasteiger partial charge is 0.345 e. The highest BCUT2D eigenvalue weighted by Crippen LogP contribution is 2.10. The summed E-state index contributed by atoms with van der Waals surface area (Å²) in [5.74, 6) is -0.538. The van der Waals surface area contributed by atoms with E-state index in [-0.39, 0.29) is 5.56 Å². The topological polar surface area (TPSA) is 100 Å². The highest BCUT2D eigenvalue weighted by molar-refractivity contribution is 7.90. The van der Waals surface area contributed by atoms with E-state index in [1.54, 1.807) is 0 Å². The van der Waals surface area contributed by atoms with E-state index in [0.29, 0.717) is 0 Å². The Morgan fingerprint density at radius 1 is 1.44 bits per heavy atom. The third-order valence-corrected chi connectivity index (χ3v) is 2.85. The van der Waals surface area contributed by atoms with Crippen LogP contribution in [-0.4, -0.2) is 49.5 Å². The second-order valence-electron chi connectivity index (χ2n) is 3.40. The summed E-state index contributed by atoms with van der Waals surface area (Å²) in [6.07, 6.45) is 1.86. The van der Waals surface area contributed by atoms with Gasteiger partial charge in [-0.25, -0.2) is 18.2 Å². The summed E-state index contributed by atoms with van der Waals surface area (Å²) in [6.45, 7) is 0. The molecule has 0 saturated carbocycles. The second-order valence-corrected chi connectivity index (χ2v) is 5.36. The summed E-state index contributed by atoms with van der Waals surface area (Å²) in [6, 6.07) is 0. The molecule has 1 heterocycles. The smallest absolute Gasteiger partial charge is 0.345 e. The Morgan fingerprint density at radius 2 is 2.00 bits per heavy atom. The number of carbonyl (C=O) groups excluding carboxylic acids is 1. The summed E-state index contributed by atoms with van der Waals surface area (Å²) in [4.78, 5) is 29.1. The summed E-state index contributed by atoms with van der Waals surface area (Å²) in [7, 11) is -0.734. The molecule has 1 aromatic rings. The number of aromatic amines is 1. The number of hydrogen-bond acceptors (Lipinski definition) is 5. The summed E-state index contributed by atoms with van der Waals surface area (Å²) in [5.41, 5.74) is -0.956. The standard InChI is InChI=1S/C8H11N3O4S/c1-11(2)7(12)5-4-9-8(13)10-6(5)16(3,14)15/h4H,1-3H3,(H,9,10,13). The van der Waals surface area contributed by atoms with Gasteiger partial charge in [0.2, 0.25) is 0 Å². The van der Waals surface area contributed by atoms with Gasteiger partial charge in [0.05, 0.1) is 5.56 Å². The number of aromatic nitrogens is 2. The van der Waals surface area contributed by atoms with Crippen molar-refractivity contribution in [2.75, 3.05) is 20.4 Å². The summed E-state index contributed by atoms with van der Waals surface area (Å²) >= 11 is 0. The van der Waals surface area contributed by atoms with E-state index in [2.05, 4.69) is 4.98 Å². The monoisotopic (exact) mass is 245 g/mol. The molecule has 0 aliphatic rings. The van der Waals surface area contributed by atoms with Crippen LogP contribution in [0.5, 0.6) is 0 Å². The molecule has 0 aliphatic heterocycles. The molecule has 1 amide bonds. The van der Waals surface area contributed by atoms with Crippen molar-refractivity contribution in [3.8, 4) is 0 Å². The predicted molar refractivity (Wildman–Crippen MR) is 56.0 cm³/mol. The molecule has 1 aromatic heterocycles. The molecule has 16 heavy (non-hydrogen) atoms. The lowest BCUT2D eigenvalue weighted by molar-refractivity contribution is 0.0822. The highest BCUT2D eigenvalue weighted by atomic mass is 32.2. The van der Waals surface area contributed by atoms with Crippen molar-refractivity contribution in [2.24, 2.45) is 0 Å². The number of amides is 1. The SMILES string of the molecule is CN(C)C(=O)c1cnc(=O)[nH]c1S(C)(=O)=O. The molecule has 1 N–H and O–H groups in total. The molecule has 0 aromatic carbocycles. The van der Waals surface area contributed by atoms with Crippen molar-refractivity contribution in [3.63, 3.8) is 0 Å². The molecule has 0 saturated heterocycles. The number of nitrogens with zero attached hydrogens (tertiary/aromatic N) is 2. The molecule has 0 spiro atoms. The van der Waals surface area contributed by atoms with Crippen LogP contribution in [0, 0.1) is 0 Å². The van der Waals surface area contributed by atoms with Crippen molar-refractivity contribution < 1.29 is 13.2 Å². The molecular weight excluding hydrogens is 234 g/mol. The molecule has 7 nitrogen and oxygen atoms in total. The molecule has 8 heteroatoms. The number of rotatable bonds is 2. The minimum atomic E-state index is -3.68. The maximum absolute atomic E-state index is 11.6. The van der Waals surface area contributed by atoms with Crippen LogP contribution >= 0.6 is 0 Å². The lowest BCUT2D eigenvalue weighted by atomic mass is 10.3. The first-order valence-corrected chi connectivity index (χ1v) is 6.13. The molecule has 0 atom stereocenters. The van der Waals surface area contributed by atoms with Gasteiger partial charge in [-0.1, -0.05) is 0 Å². The fourth-order valence-corrected chi connectivity index (χ4v) is 1.88. The third-order valence-electron chi connectivity index (χ3n) is 1.78. The van der Waals surface area contributed by atoms with Gasteiger partial charge in [-0.2, -0.15) is 0 Å². The van der Waals surface area contributed by atoms with Crippen molar-refractivity contribution in [1.82, 2.24) is 14.9 Å². The van der Waals surface area contributed by atoms with Gasteiger partial charge in [0, 0.05) is 26.5 Å². The Morgan fingerprint density at radius 3 is 2.44 bits per heavy atom. The first kappa shape index (κ1) is 12.4. The van der Waals surface area contributed by atoms with E-state index in [1.165, 1.54) is 19.0 Å². The quantitative estimate of drug-likeness (QED) is 0.665. The van der Waals surface area contributed by atoms with Crippen molar-refractivity contribution in [3.05, 3.63) is 22.2 Å². The van der Waals surface area contributed by atoms with Crippen LogP contribution in [0.3, 0.4) is 0 Å². The molecule has 0 fully saturated rings. The molecule has 0 radical (unpaired) electrons. The molecular formula is C8H11N3O4S. The van der Waals surface area contributed by atoms with E-state index in [0.717, 1.165) is 12.5 Å². The predicted octanol–water partition coefficient (Wildman–Crippen LogP) is -1.12. The zero-order chi connectivity index (χ0) is 12.5. The Bertz CT molecular complexity index is 573. The number of H-pyrrole nitrogens is 1. The maximum atomic E-state index is 11.6. The van der Waals surface area contributed by atoms with Crippen LogP contribution in [0.15, 0.2) is 16.0 Å². The van der Waals surface area contributed by atoms with E-state index in [9.17, 15) is 18.0 Å². The van der Waals surface area contributed by atoms with Gasteiger partial charge >= 0.3 is 5.69 Å². The lowest BCUT2D eigenvalue weighted by Gasteiger charge is -2.11. The summed E-state index contributed by atoms with van der Waals surface area (Å²) in [5, 5.41) is -0.411. The zero-order valence-corrected chi connectivity index (χ0v) is 9.83. The van der Waals surface area contributed by atoms with Crippen molar-refractivity contribution in [1.29, 1.82) is 0 Å². The number of hydrogen-bond donors (Lipinski definition) is 1. The van der Waals surface area contributed by atoms with Gasteiger partial charge in [0.25, 0.3) is 5.91 Å². The van der Waals surface area contributed by atoms with E-state index < -0.39 is 26.5 Å². The third kappa shape index (κ3) is 2.45. The first-order valence-electron chi connectivity index (χ1n) is 4.24. The van der Waals surface area contributed by atoms with Gasteiger partial charge in [-0.3, -0.25) is 9.78 Å². The van der Waals surface area contributed by atoms with E-state index >= 15 is 0 Å². The van der Waals surface area contributed by atoms with Crippen LogP contribution in [0.25, 0.3) is 0 Å². The van der Waals surface area contributed by atoms with Crippen molar-refractivity contribution in [2.45, 2.75) is 5.03 Å². The van der Waals surface area contributed by atoms with Crippen LogP contribution < -0.4 is 5.69 Å². The Kier molecular flexibility index (Phi) is 3.13. The summed E-state index contributed by atoms with van der Waals surface area (Å²) < 4.78 is 22.7. The van der Waals surface area contributed by atoms with Gasteiger partial charge in [-0.05, 0) is 0 Å². The van der Waals surface area contributed by atoms with Crippen LogP contribution in [0.4, 0.5) is 0 Å². The zero-order valence-electron chi connectivity index (χ0n) is 9.01. The molecule has 1 rings (SSSR count). The van der Waals surface area contributed by atoms with Crippen LogP contribution in [0.2, 0.25) is 0 Å². The van der Waals surface area contributed by atoms with E-state index in [1.807, 2.05) is 4.98 Å². The van der Waals surface area contributed by atoms with Crippen LogP contribution in [0.1, 0.15) is 10.4 Å². The molecule has 0 unspecified atom stereocenters. The Balaban J connectivity index is 3.53. The van der Waals surface area contributed by atoms with Crippen molar-refractivity contribution >= 4 is 15.7 Å². The number of carbonyl (C=O) groups is 1. The van der Waals surface area contributed by atoms with Crippen LogP contribution in [-0.2, 0) is 9.84 Å². The minimum Gasteiger partial charge on any atom is -0.345 e. The Labute approximate surface area is 92.0 Å². The molecule has 0 aliphatic carbocycles. The van der Waals surface area contributed by atoms with Gasteiger partial charge in [0.15, 0.2) is 14.9 Å². The highest BCUT2D eigenvalue weighted by Gasteiger charge is 2.21. The molecule has 0 bridgehead atoms. The van der Waals surface area contributed by atoms with E-state index in [4.69, 9.17) is 0 Å². The number of sulfone groups is 1. The fourth-order valence-electron chi connectivity index (χ4n) is 1.06. The minimum absolute atomic E-state index is 0.146. The average Bonchev–Trinajstić information content (AvgIpc) is 2.15. The first-order chi connectivity index (χ1) is 7.23. The van der Waals surface area contributed by atoms with Gasteiger partial charge < -0.3 is 4.90 Å². The maximum Gasteiger partial charge on any atom is 0.345 e. The Hall–Kier alpha value is -1.70. The normalized spacial score (nSPS) is 11.2. The average molecular weight is 245 g/mol. The second kappa shape index (κ2) is 4.05. The lowest BCUT2D eigenvalue weighted by Crippen LogP contribution is -2.27. The molecule has 88 valence electrons.